The fraction of sp³-hybridized carbons (Fsp3) is 0.550. The number of hydrogen-bond acceptors (Lipinski definition) is 4. The third kappa shape index (κ3) is 4.29. The van der Waals surface area contributed by atoms with Gasteiger partial charge in [-0.2, -0.15) is 0 Å². The van der Waals surface area contributed by atoms with E-state index in [-0.39, 0.29) is 37.1 Å². The van der Waals surface area contributed by atoms with Gasteiger partial charge in [0.2, 0.25) is 5.91 Å². The lowest BCUT2D eigenvalue weighted by molar-refractivity contribution is -0.125. The van der Waals surface area contributed by atoms with Gasteiger partial charge in [0.15, 0.2) is 0 Å². The topological polar surface area (TPSA) is 70.6 Å². The predicted octanol–water partition coefficient (Wildman–Crippen LogP) is 1.82. The molecule has 0 aromatic heterocycles. The SMILES string of the molecule is COCC(=O)NC[C@@H]1N[C@@H](CO)[C@H]1c1ccc(C2=CCCCC2)cc1. The van der Waals surface area contributed by atoms with E-state index in [1.807, 2.05) is 0 Å². The summed E-state index contributed by atoms with van der Waals surface area (Å²) in [5.41, 5.74) is 3.97. The van der Waals surface area contributed by atoms with Crippen LogP contribution in [-0.4, -0.2) is 50.0 Å². The van der Waals surface area contributed by atoms with E-state index >= 15 is 0 Å². The van der Waals surface area contributed by atoms with Gasteiger partial charge in [0.25, 0.3) is 0 Å². The summed E-state index contributed by atoms with van der Waals surface area (Å²) in [6.45, 7) is 0.709. The fourth-order valence-electron chi connectivity index (χ4n) is 3.89. The van der Waals surface area contributed by atoms with Gasteiger partial charge in [-0.15, -0.1) is 0 Å². The highest BCUT2D eigenvalue weighted by Crippen LogP contribution is 2.33. The molecule has 5 heteroatoms. The molecule has 5 nitrogen and oxygen atoms in total. The second kappa shape index (κ2) is 8.61. The monoisotopic (exact) mass is 344 g/mol. The Hall–Kier alpha value is -1.69. The smallest absolute Gasteiger partial charge is 0.246 e. The van der Waals surface area contributed by atoms with Crippen molar-refractivity contribution in [1.82, 2.24) is 10.6 Å². The highest BCUT2D eigenvalue weighted by atomic mass is 16.5. The van der Waals surface area contributed by atoms with Crippen LogP contribution < -0.4 is 10.6 Å². The molecule has 0 saturated carbocycles. The number of nitrogens with one attached hydrogen (secondary N) is 2. The minimum Gasteiger partial charge on any atom is -0.395 e. The zero-order chi connectivity index (χ0) is 17.6. The van der Waals surface area contributed by atoms with E-state index in [0.717, 1.165) is 6.42 Å². The van der Waals surface area contributed by atoms with Gasteiger partial charge in [0.1, 0.15) is 6.61 Å². The van der Waals surface area contributed by atoms with Crippen LogP contribution in [0.1, 0.15) is 42.7 Å². The second-order valence-electron chi connectivity index (χ2n) is 6.92. The van der Waals surface area contributed by atoms with Crippen molar-refractivity contribution in [3.63, 3.8) is 0 Å². The number of ether oxygens (including phenoxy) is 1. The van der Waals surface area contributed by atoms with Crippen LogP contribution in [0.4, 0.5) is 0 Å². The molecule has 1 fully saturated rings. The van der Waals surface area contributed by atoms with Crippen LogP contribution in [-0.2, 0) is 9.53 Å². The molecule has 136 valence electrons. The highest BCUT2D eigenvalue weighted by molar-refractivity contribution is 5.77. The van der Waals surface area contributed by atoms with Crippen molar-refractivity contribution in [2.75, 3.05) is 26.9 Å². The molecular formula is C20H28N2O3. The van der Waals surface area contributed by atoms with Gasteiger partial charge >= 0.3 is 0 Å². The third-order valence-corrected chi connectivity index (χ3v) is 5.24. The zero-order valence-electron chi connectivity index (χ0n) is 14.8. The molecular weight excluding hydrogens is 316 g/mol. The van der Waals surface area contributed by atoms with Gasteiger partial charge in [-0.05, 0) is 42.4 Å². The van der Waals surface area contributed by atoms with Gasteiger partial charge in [0, 0.05) is 31.7 Å². The lowest BCUT2D eigenvalue weighted by Gasteiger charge is -2.46. The van der Waals surface area contributed by atoms with E-state index in [0.29, 0.717) is 6.54 Å². The van der Waals surface area contributed by atoms with E-state index in [9.17, 15) is 9.90 Å². The summed E-state index contributed by atoms with van der Waals surface area (Å²) in [5.74, 6) is 0.0947. The van der Waals surface area contributed by atoms with E-state index in [1.54, 1.807) is 0 Å². The van der Waals surface area contributed by atoms with Crippen LogP contribution in [0.15, 0.2) is 30.3 Å². The lowest BCUT2D eigenvalue weighted by Crippen LogP contribution is -2.64. The van der Waals surface area contributed by atoms with Gasteiger partial charge < -0.3 is 20.5 Å². The van der Waals surface area contributed by atoms with Crippen LogP contribution >= 0.6 is 0 Å². The first-order valence-electron chi connectivity index (χ1n) is 9.15. The Labute approximate surface area is 149 Å². The first-order valence-corrected chi connectivity index (χ1v) is 9.15. The van der Waals surface area contributed by atoms with Crippen molar-refractivity contribution in [3.05, 3.63) is 41.5 Å². The summed E-state index contributed by atoms with van der Waals surface area (Å²) in [6.07, 6.45) is 7.27. The maximum Gasteiger partial charge on any atom is 0.246 e. The first kappa shape index (κ1) is 18.1. The number of aliphatic hydroxyl groups is 1. The molecule has 0 spiro atoms. The van der Waals surface area contributed by atoms with Gasteiger partial charge in [-0.25, -0.2) is 0 Å². The molecule has 1 aromatic carbocycles. The Morgan fingerprint density at radius 3 is 2.72 bits per heavy atom. The number of aliphatic hydroxyl groups excluding tert-OH is 1. The number of carbonyl (C=O) groups excluding carboxylic acids is 1. The molecule has 2 aliphatic rings. The van der Waals surface area contributed by atoms with E-state index in [2.05, 4.69) is 41.0 Å². The summed E-state index contributed by atoms with van der Waals surface area (Å²) in [5, 5.41) is 15.8. The molecule has 3 rings (SSSR count). The summed E-state index contributed by atoms with van der Waals surface area (Å²) in [6, 6.07) is 8.91. The molecule has 3 atom stereocenters. The Kier molecular flexibility index (Phi) is 6.24. The largest absolute Gasteiger partial charge is 0.395 e. The van der Waals surface area contributed by atoms with Crippen LogP contribution in [0.25, 0.3) is 5.57 Å². The molecule has 1 amide bonds. The summed E-state index contributed by atoms with van der Waals surface area (Å²) in [7, 11) is 1.51. The standard InChI is InChI=1S/C20H28N2O3/c1-25-13-19(24)21-11-17-20(18(12-23)22-17)16-9-7-15(8-10-16)14-5-3-2-4-6-14/h5,7-10,17-18,20,22-23H,2-4,6,11-13H2,1H3,(H,21,24)/t17-,18-,20-/m0/s1. The maximum absolute atomic E-state index is 11.6. The Balaban J connectivity index is 1.65. The number of allylic oxidation sites excluding steroid dienone is 2. The number of hydrogen-bond donors (Lipinski definition) is 3. The minimum atomic E-state index is -0.116. The van der Waals surface area contributed by atoms with Gasteiger partial charge in [-0.1, -0.05) is 30.3 Å². The third-order valence-electron chi connectivity index (χ3n) is 5.24. The second-order valence-corrected chi connectivity index (χ2v) is 6.92. The average molecular weight is 344 g/mol. The van der Waals surface area contributed by atoms with Crippen molar-refractivity contribution in [1.29, 1.82) is 0 Å². The normalized spacial score (nSPS) is 25.8. The Morgan fingerprint density at radius 2 is 2.08 bits per heavy atom. The molecule has 1 heterocycles. The minimum absolute atomic E-state index is 0.0454. The van der Waals surface area contributed by atoms with Crippen molar-refractivity contribution in [3.8, 4) is 0 Å². The van der Waals surface area contributed by atoms with Crippen molar-refractivity contribution < 1.29 is 14.6 Å². The number of carbonyl (C=O) groups is 1. The molecule has 25 heavy (non-hydrogen) atoms. The molecule has 0 unspecified atom stereocenters. The first-order chi connectivity index (χ1) is 12.2. The molecule has 1 aromatic rings. The van der Waals surface area contributed by atoms with Crippen LogP contribution in [0.3, 0.4) is 0 Å². The van der Waals surface area contributed by atoms with Crippen LogP contribution in [0.5, 0.6) is 0 Å². The van der Waals surface area contributed by atoms with E-state index < -0.39 is 0 Å². The number of rotatable bonds is 7. The average Bonchev–Trinajstić information content (AvgIpc) is 2.63. The molecule has 1 saturated heterocycles. The van der Waals surface area contributed by atoms with Gasteiger partial charge in [0.05, 0.1) is 6.61 Å². The lowest BCUT2D eigenvalue weighted by atomic mass is 9.77. The highest BCUT2D eigenvalue weighted by Gasteiger charge is 2.40. The summed E-state index contributed by atoms with van der Waals surface area (Å²) >= 11 is 0. The summed E-state index contributed by atoms with van der Waals surface area (Å²) in [4.78, 5) is 11.6. The van der Waals surface area contributed by atoms with E-state index in [1.165, 1.54) is 43.1 Å². The number of methoxy groups -OCH3 is 1. The molecule has 0 bridgehead atoms. The molecule has 1 aliphatic heterocycles. The zero-order valence-corrected chi connectivity index (χ0v) is 14.8. The van der Waals surface area contributed by atoms with Crippen molar-refractivity contribution >= 4 is 11.5 Å². The quantitative estimate of drug-likeness (QED) is 0.706. The molecule has 1 aliphatic carbocycles. The van der Waals surface area contributed by atoms with Crippen LogP contribution in [0.2, 0.25) is 0 Å². The Bertz CT molecular complexity index is 612. The maximum atomic E-state index is 11.6. The number of benzene rings is 1. The van der Waals surface area contributed by atoms with Gasteiger partial charge in [-0.3, -0.25) is 4.79 Å². The summed E-state index contributed by atoms with van der Waals surface area (Å²) < 4.78 is 4.83. The molecule has 0 radical (unpaired) electrons. The predicted molar refractivity (Wildman–Crippen MR) is 98.3 cm³/mol. The number of amides is 1. The van der Waals surface area contributed by atoms with Crippen molar-refractivity contribution in [2.45, 2.75) is 43.7 Å². The fourth-order valence-corrected chi connectivity index (χ4v) is 3.89. The Morgan fingerprint density at radius 1 is 1.28 bits per heavy atom. The van der Waals surface area contributed by atoms with Crippen LogP contribution in [0, 0.1) is 0 Å². The molecule has 3 N–H and O–H groups in total. The van der Waals surface area contributed by atoms with Crippen molar-refractivity contribution in [2.24, 2.45) is 0 Å². The van der Waals surface area contributed by atoms with E-state index in [4.69, 9.17) is 4.74 Å².